The Morgan fingerprint density at radius 1 is 1.24 bits per heavy atom. The van der Waals surface area contributed by atoms with E-state index in [0.717, 1.165) is 49.8 Å². The third-order valence-corrected chi connectivity index (χ3v) is 6.78. The molecule has 4 N–H and O–H groups in total. The Labute approximate surface area is 195 Å². The van der Waals surface area contributed by atoms with E-state index in [0.29, 0.717) is 41.9 Å². The largest absolute Gasteiger partial charge is 0.384 e. The quantitative estimate of drug-likeness (QED) is 0.409. The number of aromatic nitrogens is 5. The van der Waals surface area contributed by atoms with Crippen LogP contribution in [0.15, 0.2) is 24.4 Å². The minimum Gasteiger partial charge on any atom is -0.384 e. The lowest BCUT2D eigenvalue weighted by molar-refractivity contribution is -0.117. The first kappa shape index (κ1) is 21.0. The van der Waals surface area contributed by atoms with Gasteiger partial charge in [0.25, 0.3) is 0 Å². The second kappa shape index (κ2) is 8.01. The van der Waals surface area contributed by atoms with E-state index in [9.17, 15) is 14.3 Å². The SMILES string of the molecule is O=C(Nc1ccc(F)nc1)[C@@H]1CCCN1c1nc2c(c(Nc3cc(C4(O)CC4)[nH]n3)n1)CCC2. The molecule has 0 bridgehead atoms. The van der Waals surface area contributed by atoms with Crippen LogP contribution >= 0.6 is 0 Å². The lowest BCUT2D eigenvalue weighted by Gasteiger charge is -2.25. The second-order valence-corrected chi connectivity index (χ2v) is 9.18. The van der Waals surface area contributed by atoms with E-state index < -0.39 is 17.6 Å². The average molecular weight is 465 g/mol. The van der Waals surface area contributed by atoms with Gasteiger partial charge in [-0.2, -0.15) is 14.5 Å². The number of fused-ring (bicyclic) bond motifs is 1. The number of hydrogen-bond acceptors (Lipinski definition) is 8. The van der Waals surface area contributed by atoms with Crippen LogP contribution in [0.4, 0.5) is 27.7 Å². The van der Waals surface area contributed by atoms with Crippen molar-refractivity contribution < 1.29 is 14.3 Å². The third kappa shape index (κ3) is 3.85. The molecule has 1 saturated carbocycles. The number of aromatic amines is 1. The number of halogens is 1. The summed E-state index contributed by atoms with van der Waals surface area (Å²) >= 11 is 0. The van der Waals surface area contributed by atoms with Gasteiger partial charge in [-0.3, -0.25) is 9.89 Å². The van der Waals surface area contributed by atoms with Gasteiger partial charge >= 0.3 is 0 Å². The van der Waals surface area contributed by atoms with Crippen LogP contribution in [0.5, 0.6) is 0 Å². The van der Waals surface area contributed by atoms with Crippen molar-refractivity contribution in [3.63, 3.8) is 0 Å². The zero-order valence-corrected chi connectivity index (χ0v) is 18.5. The normalized spacial score (nSPS) is 20.3. The fourth-order valence-electron chi connectivity index (χ4n) is 4.74. The van der Waals surface area contributed by atoms with Crippen molar-refractivity contribution in [2.45, 2.75) is 56.6 Å². The van der Waals surface area contributed by atoms with Crippen LogP contribution in [0.25, 0.3) is 0 Å². The van der Waals surface area contributed by atoms with Crippen LogP contribution in [0, 0.1) is 5.95 Å². The molecule has 0 unspecified atom stereocenters. The topological polar surface area (TPSA) is 132 Å². The molecule has 4 heterocycles. The van der Waals surface area contributed by atoms with Crippen LogP contribution in [-0.2, 0) is 23.2 Å². The Balaban J connectivity index is 1.25. The van der Waals surface area contributed by atoms with Gasteiger partial charge in [0, 0.05) is 18.2 Å². The Morgan fingerprint density at radius 2 is 2.12 bits per heavy atom. The summed E-state index contributed by atoms with van der Waals surface area (Å²) < 4.78 is 13.1. The van der Waals surface area contributed by atoms with Gasteiger partial charge in [-0.05, 0) is 57.1 Å². The van der Waals surface area contributed by atoms with Crippen LogP contribution in [-0.4, -0.2) is 48.7 Å². The molecular weight excluding hydrogens is 439 g/mol. The number of anilines is 4. The molecule has 1 aliphatic heterocycles. The number of H-pyrrole nitrogens is 1. The fraction of sp³-hybridized carbons (Fsp3) is 0.435. The van der Waals surface area contributed by atoms with E-state index in [1.54, 1.807) is 0 Å². The molecule has 3 aromatic rings. The Morgan fingerprint density at radius 3 is 2.91 bits per heavy atom. The smallest absolute Gasteiger partial charge is 0.247 e. The van der Waals surface area contributed by atoms with Gasteiger partial charge in [0.15, 0.2) is 5.82 Å². The molecule has 2 fully saturated rings. The van der Waals surface area contributed by atoms with E-state index in [-0.39, 0.29) is 5.91 Å². The average Bonchev–Trinajstić information content (AvgIpc) is 3.29. The molecule has 11 heteroatoms. The van der Waals surface area contributed by atoms with Crippen molar-refractivity contribution in [1.82, 2.24) is 25.1 Å². The number of hydrogen-bond donors (Lipinski definition) is 4. The molecule has 3 aromatic heterocycles. The molecule has 1 amide bonds. The van der Waals surface area contributed by atoms with Crippen molar-refractivity contribution in [2.24, 2.45) is 0 Å². The lowest BCUT2D eigenvalue weighted by atomic mass is 10.2. The first-order valence-corrected chi connectivity index (χ1v) is 11.6. The first-order valence-electron chi connectivity index (χ1n) is 11.6. The Bertz CT molecular complexity index is 1240. The van der Waals surface area contributed by atoms with Crippen molar-refractivity contribution in [2.75, 3.05) is 22.1 Å². The number of aryl methyl sites for hydroxylation is 1. The standard InChI is InChI=1S/C23H25FN8O2/c24-18-7-6-13(12-25-18)26-21(33)16-5-2-10-32(16)22-27-15-4-1-3-14(15)20(29-22)28-19-11-17(30-31-19)23(34)8-9-23/h6-7,11-12,16,34H,1-5,8-10H2,(H,26,33)(H2,27,28,29,30,31)/t16-/m0/s1. The van der Waals surface area contributed by atoms with E-state index in [2.05, 4.69) is 25.8 Å². The van der Waals surface area contributed by atoms with Gasteiger partial charge in [-0.25, -0.2) is 9.97 Å². The van der Waals surface area contributed by atoms with Crippen molar-refractivity contribution in [1.29, 1.82) is 0 Å². The zero-order chi connectivity index (χ0) is 23.3. The predicted octanol–water partition coefficient (Wildman–Crippen LogP) is 2.56. The van der Waals surface area contributed by atoms with Crippen molar-refractivity contribution in [3.8, 4) is 0 Å². The molecule has 0 aromatic carbocycles. The van der Waals surface area contributed by atoms with Gasteiger partial charge in [0.05, 0.1) is 23.3 Å². The summed E-state index contributed by atoms with van der Waals surface area (Å²) in [6.45, 7) is 0.664. The highest BCUT2D eigenvalue weighted by molar-refractivity contribution is 5.96. The number of nitrogens with one attached hydrogen (secondary N) is 3. The molecule has 0 radical (unpaired) electrons. The maximum absolute atomic E-state index is 13.1. The molecule has 1 saturated heterocycles. The van der Waals surface area contributed by atoms with Gasteiger partial charge in [-0.1, -0.05) is 0 Å². The van der Waals surface area contributed by atoms with E-state index >= 15 is 0 Å². The maximum Gasteiger partial charge on any atom is 0.247 e. The highest BCUT2D eigenvalue weighted by Crippen LogP contribution is 2.45. The van der Waals surface area contributed by atoms with Gasteiger partial charge < -0.3 is 20.6 Å². The number of carbonyl (C=O) groups excluding carboxylic acids is 1. The summed E-state index contributed by atoms with van der Waals surface area (Å²) in [5.41, 5.74) is 2.41. The number of amides is 1. The molecular formula is C23H25FN8O2. The van der Waals surface area contributed by atoms with E-state index in [1.165, 1.54) is 18.3 Å². The molecule has 3 aliphatic rings. The molecule has 34 heavy (non-hydrogen) atoms. The van der Waals surface area contributed by atoms with E-state index in [1.807, 2.05) is 11.0 Å². The number of rotatable bonds is 6. The van der Waals surface area contributed by atoms with E-state index in [4.69, 9.17) is 9.97 Å². The van der Waals surface area contributed by atoms with Gasteiger partial charge in [-0.15, -0.1) is 0 Å². The van der Waals surface area contributed by atoms with Gasteiger partial charge in [0.2, 0.25) is 17.8 Å². The van der Waals surface area contributed by atoms with Crippen molar-refractivity contribution in [3.05, 3.63) is 47.3 Å². The first-order chi connectivity index (χ1) is 16.5. The minimum absolute atomic E-state index is 0.195. The van der Waals surface area contributed by atoms with Crippen LogP contribution in [0.2, 0.25) is 0 Å². The number of carbonyl (C=O) groups is 1. The van der Waals surface area contributed by atoms with Crippen molar-refractivity contribution >= 4 is 29.2 Å². The molecule has 0 spiro atoms. The van der Waals surface area contributed by atoms with Crippen LogP contribution in [0.3, 0.4) is 0 Å². The molecule has 176 valence electrons. The summed E-state index contributed by atoms with van der Waals surface area (Å²) in [7, 11) is 0. The second-order valence-electron chi connectivity index (χ2n) is 9.18. The van der Waals surface area contributed by atoms with Gasteiger partial charge in [0.1, 0.15) is 17.5 Å². The van der Waals surface area contributed by atoms with Crippen LogP contribution in [0.1, 0.15) is 49.1 Å². The highest BCUT2D eigenvalue weighted by atomic mass is 19.1. The maximum atomic E-state index is 13.1. The molecule has 2 aliphatic carbocycles. The summed E-state index contributed by atoms with van der Waals surface area (Å²) in [4.78, 5) is 28.2. The lowest BCUT2D eigenvalue weighted by Crippen LogP contribution is -2.40. The minimum atomic E-state index is -0.790. The number of pyridine rings is 1. The molecule has 6 rings (SSSR count). The third-order valence-electron chi connectivity index (χ3n) is 6.78. The number of aliphatic hydroxyl groups is 1. The molecule has 1 atom stereocenters. The fourth-order valence-corrected chi connectivity index (χ4v) is 4.74. The molecule has 10 nitrogen and oxygen atoms in total. The Hall–Kier alpha value is -3.60. The summed E-state index contributed by atoms with van der Waals surface area (Å²) in [6.07, 6.45) is 7.00. The monoisotopic (exact) mass is 464 g/mol. The summed E-state index contributed by atoms with van der Waals surface area (Å²) in [5, 5.41) is 23.7. The number of nitrogens with zero attached hydrogens (tertiary/aromatic N) is 5. The summed E-state index contributed by atoms with van der Waals surface area (Å²) in [5.74, 6) is 0.997. The zero-order valence-electron chi connectivity index (χ0n) is 18.5. The summed E-state index contributed by atoms with van der Waals surface area (Å²) in [6, 6.07) is 4.09. The highest BCUT2D eigenvalue weighted by Gasteiger charge is 2.44. The predicted molar refractivity (Wildman–Crippen MR) is 122 cm³/mol. The Kier molecular flexibility index (Phi) is 4.94. The van der Waals surface area contributed by atoms with Crippen LogP contribution < -0.4 is 15.5 Å².